The van der Waals surface area contributed by atoms with Gasteiger partial charge in [-0.15, -0.1) is 0 Å². The molecule has 2 heterocycles. The highest BCUT2D eigenvalue weighted by Gasteiger charge is 2.24. The first-order chi connectivity index (χ1) is 13.2. The van der Waals surface area contributed by atoms with Crippen molar-refractivity contribution in [1.82, 2.24) is 14.7 Å². The Morgan fingerprint density at radius 3 is 2.78 bits per heavy atom. The number of anilines is 1. The third kappa shape index (κ3) is 3.72. The van der Waals surface area contributed by atoms with Gasteiger partial charge in [0.05, 0.1) is 17.9 Å². The van der Waals surface area contributed by atoms with Crippen molar-refractivity contribution in [2.45, 2.75) is 6.10 Å². The molecular formula is C20H20N4O3. The minimum Gasteiger partial charge on any atom is -0.486 e. The second-order valence-electron chi connectivity index (χ2n) is 6.28. The van der Waals surface area contributed by atoms with E-state index in [-0.39, 0.29) is 12.1 Å². The zero-order chi connectivity index (χ0) is 18.6. The minimum absolute atomic E-state index is 0.225. The van der Waals surface area contributed by atoms with Gasteiger partial charge in [0.1, 0.15) is 6.61 Å². The molecule has 0 aliphatic carbocycles. The molecule has 0 radical (unpaired) electrons. The van der Waals surface area contributed by atoms with Crippen LogP contribution in [-0.4, -0.2) is 47.0 Å². The summed E-state index contributed by atoms with van der Waals surface area (Å²) in [5.74, 6) is 1.43. The number of hydrogen-bond donors (Lipinski definition) is 1. The number of carbonyl (C=O) groups excluding carboxylic acids is 1. The summed E-state index contributed by atoms with van der Waals surface area (Å²) in [6.45, 7) is 0.808. The second-order valence-corrected chi connectivity index (χ2v) is 6.28. The Hall–Kier alpha value is -3.48. The van der Waals surface area contributed by atoms with Crippen molar-refractivity contribution in [2.75, 3.05) is 25.5 Å². The fraction of sp³-hybridized carbons (Fsp3) is 0.200. The van der Waals surface area contributed by atoms with Crippen molar-refractivity contribution in [3.63, 3.8) is 0 Å². The number of hydrogen-bond acceptors (Lipinski definition) is 4. The molecule has 27 heavy (non-hydrogen) atoms. The molecular weight excluding hydrogens is 344 g/mol. The number of fused-ring (bicyclic) bond motifs is 1. The van der Waals surface area contributed by atoms with Crippen LogP contribution in [-0.2, 0) is 0 Å². The quantitative estimate of drug-likeness (QED) is 0.772. The standard InChI is InChI=1S/C20H20N4O3/c1-23(13-15-14-26-18-9-4-5-10-19(18)27-15)20(25)22-16-7-2-3-8-17(16)24-12-6-11-21-24/h2-12,15H,13-14H2,1H3,(H,22,25)/t15-/m1/s1. The largest absolute Gasteiger partial charge is 0.486 e. The van der Waals surface area contributed by atoms with Gasteiger partial charge in [0.2, 0.25) is 0 Å². The summed E-state index contributed by atoms with van der Waals surface area (Å²) in [6, 6.07) is 16.7. The van der Waals surface area contributed by atoms with Crippen molar-refractivity contribution in [1.29, 1.82) is 0 Å². The number of nitrogens with zero attached hydrogens (tertiary/aromatic N) is 3. The molecule has 1 aromatic heterocycles. The van der Waals surface area contributed by atoms with Crippen LogP contribution in [0.4, 0.5) is 10.5 Å². The van der Waals surface area contributed by atoms with E-state index in [2.05, 4.69) is 10.4 Å². The van der Waals surface area contributed by atoms with Gasteiger partial charge in [-0.05, 0) is 30.3 Å². The minimum atomic E-state index is -0.225. The predicted octanol–water partition coefficient (Wildman–Crippen LogP) is 3.18. The topological polar surface area (TPSA) is 68.6 Å². The molecule has 138 valence electrons. The summed E-state index contributed by atoms with van der Waals surface area (Å²) >= 11 is 0. The van der Waals surface area contributed by atoms with Gasteiger partial charge in [0.25, 0.3) is 0 Å². The van der Waals surface area contributed by atoms with Gasteiger partial charge in [-0.1, -0.05) is 24.3 Å². The first-order valence-electron chi connectivity index (χ1n) is 8.70. The Bertz CT molecular complexity index is 926. The summed E-state index contributed by atoms with van der Waals surface area (Å²) in [7, 11) is 1.73. The molecule has 4 rings (SSSR count). The number of carbonyl (C=O) groups is 1. The Morgan fingerprint density at radius 1 is 1.19 bits per heavy atom. The highest BCUT2D eigenvalue weighted by Crippen LogP contribution is 2.31. The van der Waals surface area contributed by atoms with E-state index in [9.17, 15) is 4.79 Å². The van der Waals surface area contributed by atoms with Crippen LogP contribution in [0.3, 0.4) is 0 Å². The molecule has 7 nitrogen and oxygen atoms in total. The lowest BCUT2D eigenvalue weighted by Gasteiger charge is -2.29. The number of benzene rings is 2. The lowest BCUT2D eigenvalue weighted by molar-refractivity contribution is 0.0731. The molecule has 3 aromatic rings. The van der Waals surface area contributed by atoms with Crippen molar-refractivity contribution in [3.05, 3.63) is 67.0 Å². The smallest absolute Gasteiger partial charge is 0.321 e. The average Bonchev–Trinajstić information content (AvgIpc) is 3.23. The van der Waals surface area contributed by atoms with E-state index >= 15 is 0 Å². The molecule has 1 aliphatic rings. The first kappa shape index (κ1) is 17.0. The molecule has 0 saturated heterocycles. The number of nitrogens with one attached hydrogen (secondary N) is 1. The molecule has 0 spiro atoms. The summed E-state index contributed by atoms with van der Waals surface area (Å²) in [4.78, 5) is 14.2. The maximum absolute atomic E-state index is 12.6. The van der Waals surface area contributed by atoms with Crippen LogP contribution in [0.1, 0.15) is 0 Å². The molecule has 1 atom stereocenters. The Kier molecular flexibility index (Phi) is 4.65. The third-order valence-corrected chi connectivity index (χ3v) is 4.29. The highest BCUT2D eigenvalue weighted by atomic mass is 16.6. The van der Waals surface area contributed by atoms with Crippen LogP contribution < -0.4 is 14.8 Å². The van der Waals surface area contributed by atoms with Gasteiger partial charge in [0.15, 0.2) is 17.6 Å². The van der Waals surface area contributed by atoms with Crippen LogP contribution in [0, 0.1) is 0 Å². The Labute approximate surface area is 157 Å². The third-order valence-electron chi connectivity index (χ3n) is 4.29. The number of ether oxygens (including phenoxy) is 2. The molecule has 1 N–H and O–H groups in total. The molecule has 1 aliphatic heterocycles. The van der Waals surface area contributed by atoms with Gasteiger partial charge in [-0.2, -0.15) is 5.10 Å². The van der Waals surface area contributed by atoms with E-state index in [0.29, 0.717) is 24.6 Å². The number of rotatable bonds is 4. The normalized spacial score (nSPS) is 15.2. The maximum Gasteiger partial charge on any atom is 0.321 e. The van der Waals surface area contributed by atoms with Crippen molar-refractivity contribution in [3.8, 4) is 17.2 Å². The molecule has 0 saturated carbocycles. The van der Waals surface area contributed by atoms with Gasteiger partial charge >= 0.3 is 6.03 Å². The SMILES string of the molecule is CN(C[C@@H]1COc2ccccc2O1)C(=O)Nc1ccccc1-n1cccn1. The number of amides is 2. The predicted molar refractivity (Wildman–Crippen MR) is 102 cm³/mol. The number of urea groups is 1. The van der Waals surface area contributed by atoms with E-state index in [0.717, 1.165) is 11.4 Å². The zero-order valence-corrected chi connectivity index (χ0v) is 14.9. The monoisotopic (exact) mass is 364 g/mol. The van der Waals surface area contributed by atoms with E-state index in [1.54, 1.807) is 22.8 Å². The Morgan fingerprint density at radius 2 is 1.96 bits per heavy atom. The lowest BCUT2D eigenvalue weighted by atomic mass is 10.2. The summed E-state index contributed by atoms with van der Waals surface area (Å²) in [6.07, 6.45) is 3.31. The zero-order valence-electron chi connectivity index (χ0n) is 14.9. The van der Waals surface area contributed by atoms with Gasteiger partial charge in [-0.25, -0.2) is 9.48 Å². The van der Waals surface area contributed by atoms with Gasteiger partial charge < -0.3 is 19.7 Å². The fourth-order valence-electron chi connectivity index (χ4n) is 2.94. The highest BCUT2D eigenvalue weighted by molar-refractivity contribution is 5.91. The van der Waals surface area contributed by atoms with Crippen LogP contribution in [0.15, 0.2) is 67.0 Å². The second kappa shape index (κ2) is 7.41. The summed E-state index contributed by atoms with van der Waals surface area (Å²) < 4.78 is 13.3. The number of aromatic nitrogens is 2. The van der Waals surface area contributed by atoms with E-state index < -0.39 is 0 Å². The maximum atomic E-state index is 12.6. The molecule has 7 heteroatoms. The number of likely N-dealkylation sites (N-methyl/N-ethyl adjacent to an activating group) is 1. The number of para-hydroxylation sites is 4. The van der Waals surface area contributed by atoms with E-state index in [1.807, 2.05) is 60.8 Å². The van der Waals surface area contributed by atoms with Crippen LogP contribution in [0.2, 0.25) is 0 Å². The summed E-state index contributed by atoms with van der Waals surface area (Å²) in [5.41, 5.74) is 1.49. The van der Waals surface area contributed by atoms with Crippen LogP contribution in [0.5, 0.6) is 11.5 Å². The average molecular weight is 364 g/mol. The van der Waals surface area contributed by atoms with Crippen molar-refractivity contribution in [2.24, 2.45) is 0 Å². The molecule has 0 unspecified atom stereocenters. The van der Waals surface area contributed by atoms with Crippen LogP contribution >= 0.6 is 0 Å². The Balaban J connectivity index is 1.41. The van der Waals surface area contributed by atoms with E-state index in [4.69, 9.17) is 9.47 Å². The van der Waals surface area contributed by atoms with Crippen LogP contribution in [0.25, 0.3) is 5.69 Å². The molecule has 2 amide bonds. The molecule has 0 fully saturated rings. The molecule has 0 bridgehead atoms. The molecule has 2 aromatic carbocycles. The van der Waals surface area contributed by atoms with Crippen molar-refractivity contribution >= 4 is 11.7 Å². The lowest BCUT2D eigenvalue weighted by Crippen LogP contribution is -2.43. The first-order valence-corrected chi connectivity index (χ1v) is 8.70. The van der Waals surface area contributed by atoms with Crippen molar-refractivity contribution < 1.29 is 14.3 Å². The van der Waals surface area contributed by atoms with Gasteiger partial charge in [-0.3, -0.25) is 0 Å². The summed E-state index contributed by atoms with van der Waals surface area (Å²) in [5, 5.41) is 7.17. The van der Waals surface area contributed by atoms with Gasteiger partial charge in [0, 0.05) is 19.4 Å². The fourth-order valence-corrected chi connectivity index (χ4v) is 2.94. The van der Waals surface area contributed by atoms with E-state index in [1.165, 1.54) is 0 Å².